The van der Waals surface area contributed by atoms with Gasteiger partial charge in [-0.3, -0.25) is 15.2 Å². The minimum Gasteiger partial charge on any atom is -0.497 e. The van der Waals surface area contributed by atoms with Crippen molar-refractivity contribution in [2.45, 2.75) is 26.7 Å². The summed E-state index contributed by atoms with van der Waals surface area (Å²) in [5.41, 5.74) is 7.10. The number of ether oxygens (including phenoxy) is 1. The van der Waals surface area contributed by atoms with E-state index >= 15 is 0 Å². The van der Waals surface area contributed by atoms with Crippen molar-refractivity contribution >= 4 is 40.6 Å². The van der Waals surface area contributed by atoms with Crippen molar-refractivity contribution in [3.63, 3.8) is 0 Å². The van der Waals surface area contributed by atoms with Gasteiger partial charge in [0, 0.05) is 32.4 Å². The predicted octanol–water partition coefficient (Wildman–Crippen LogP) is 4.60. The third kappa shape index (κ3) is 8.55. The number of pyridine rings is 1. The van der Waals surface area contributed by atoms with Crippen molar-refractivity contribution in [2.24, 2.45) is 15.2 Å². The van der Waals surface area contributed by atoms with Crippen molar-refractivity contribution in [1.82, 2.24) is 0 Å². The third-order valence-corrected chi connectivity index (χ3v) is 5.60. The Morgan fingerprint density at radius 2 is 1.79 bits per heavy atom. The van der Waals surface area contributed by atoms with E-state index < -0.39 is 0 Å². The number of hydrogen-bond donors (Lipinski definition) is 2. The molecule has 3 rings (SSSR count). The number of hydrogen-bond acceptors (Lipinski definition) is 7. The van der Waals surface area contributed by atoms with Crippen LogP contribution in [0.3, 0.4) is 0 Å². The lowest BCUT2D eigenvalue weighted by molar-refractivity contribution is -0.677. The topological polar surface area (TPSA) is 94.6 Å². The number of methoxy groups -OCH3 is 1. The van der Waals surface area contributed by atoms with Gasteiger partial charge in [0.1, 0.15) is 17.7 Å². The van der Waals surface area contributed by atoms with Gasteiger partial charge >= 0.3 is 0 Å². The Morgan fingerprint density at radius 1 is 1.05 bits per heavy atom. The van der Waals surface area contributed by atoms with Crippen LogP contribution in [-0.4, -0.2) is 51.3 Å². The van der Waals surface area contributed by atoms with Gasteiger partial charge in [-0.05, 0) is 66.5 Å². The quantitative estimate of drug-likeness (QED) is 0.160. The minimum atomic E-state index is -0.371. The molecule has 0 aliphatic rings. The highest BCUT2D eigenvalue weighted by Crippen LogP contribution is 2.15. The molecule has 2 aromatic carbocycles. The molecule has 0 fully saturated rings. The maximum atomic E-state index is 13.3. The molecule has 1 aromatic heterocycles. The van der Waals surface area contributed by atoms with Gasteiger partial charge in [0.2, 0.25) is 12.4 Å². The molecule has 9 nitrogen and oxygen atoms in total. The lowest BCUT2D eigenvalue weighted by Crippen LogP contribution is -2.32. The number of nitrogens with zero attached hydrogens (tertiary/aromatic N) is 5. The van der Waals surface area contributed by atoms with Crippen LogP contribution in [0, 0.1) is 0 Å². The first-order valence-corrected chi connectivity index (χ1v) is 12.5. The van der Waals surface area contributed by atoms with Crippen molar-refractivity contribution in [1.29, 1.82) is 0 Å². The highest BCUT2D eigenvalue weighted by Gasteiger charge is 2.17. The molecule has 3 aromatic rings. The van der Waals surface area contributed by atoms with Crippen LogP contribution in [0.4, 0.5) is 17.1 Å². The van der Waals surface area contributed by atoms with Crippen LogP contribution in [0.25, 0.3) is 0 Å². The Bertz CT molecular complexity index is 1280. The standard InChI is InChI=1S/C29H35N7O2/c1-6-7-18-30-22(2)28(34-33-24-12-16-27(38-5)17-13-24)29(37)32-25-9-8-19-36(21-25)31-20-23-10-14-26(15-11-23)35(3)4/h8-17,19-21H,6-7,18H2,1-5H3,(H-,30,32,33,37)/p+1/b31-20-. The van der Waals surface area contributed by atoms with Gasteiger partial charge in [0.25, 0.3) is 5.91 Å². The van der Waals surface area contributed by atoms with Crippen LogP contribution in [0.1, 0.15) is 32.3 Å². The Kier molecular flexibility index (Phi) is 10.5. The fourth-order valence-electron chi connectivity index (χ4n) is 3.35. The molecule has 0 atom stereocenters. The van der Waals surface area contributed by atoms with Crippen LogP contribution in [0.2, 0.25) is 0 Å². The minimum absolute atomic E-state index is 0.205. The van der Waals surface area contributed by atoms with Crippen LogP contribution in [0.15, 0.2) is 88.3 Å². The molecule has 9 heteroatoms. The van der Waals surface area contributed by atoms with Gasteiger partial charge in [-0.25, -0.2) is 0 Å². The molecule has 0 bridgehead atoms. The van der Waals surface area contributed by atoms with Crippen molar-refractivity contribution in [3.8, 4) is 5.75 Å². The highest BCUT2D eigenvalue weighted by molar-refractivity contribution is 6.68. The van der Waals surface area contributed by atoms with E-state index in [0.29, 0.717) is 17.9 Å². The van der Waals surface area contributed by atoms with E-state index in [4.69, 9.17) is 4.74 Å². The summed E-state index contributed by atoms with van der Waals surface area (Å²) in [6.45, 7) is 4.53. The number of anilines is 3. The molecule has 2 N–H and O–H groups in total. The first-order valence-electron chi connectivity index (χ1n) is 12.5. The smallest absolute Gasteiger partial charge is 0.278 e. The lowest BCUT2D eigenvalue weighted by atomic mass is 10.2. The number of rotatable bonds is 12. The number of carbonyl (C=O) groups is 1. The van der Waals surface area contributed by atoms with E-state index in [1.54, 1.807) is 43.4 Å². The Hall–Kier alpha value is -4.53. The first-order chi connectivity index (χ1) is 18.4. The molecule has 1 amide bonds. The maximum Gasteiger partial charge on any atom is 0.278 e. The molecular formula is C29H36N7O2+. The monoisotopic (exact) mass is 514 g/mol. The van der Waals surface area contributed by atoms with Crippen molar-refractivity contribution < 1.29 is 14.2 Å². The number of unbranched alkanes of at least 4 members (excludes halogenated alkanes) is 1. The average molecular weight is 515 g/mol. The van der Waals surface area contributed by atoms with Gasteiger partial charge in [-0.2, -0.15) is 5.10 Å². The molecule has 0 radical (unpaired) electrons. The second kappa shape index (κ2) is 14.3. The summed E-state index contributed by atoms with van der Waals surface area (Å²) in [7, 11) is 5.62. The van der Waals surface area contributed by atoms with Crippen LogP contribution in [-0.2, 0) is 4.79 Å². The average Bonchev–Trinajstić information content (AvgIpc) is 2.93. The van der Waals surface area contributed by atoms with Crippen molar-refractivity contribution in [2.75, 3.05) is 43.4 Å². The molecule has 0 unspecified atom stereocenters. The number of hydrazone groups is 1. The number of carbonyl (C=O) groups excluding carboxylic acids is 1. The highest BCUT2D eigenvalue weighted by atomic mass is 16.5. The summed E-state index contributed by atoms with van der Waals surface area (Å²) in [4.78, 5) is 19.8. The third-order valence-electron chi connectivity index (χ3n) is 5.60. The molecule has 0 aliphatic carbocycles. The number of aliphatic imine (C=N–C) groups is 1. The van der Waals surface area contributed by atoms with Gasteiger partial charge in [-0.1, -0.05) is 30.2 Å². The van der Waals surface area contributed by atoms with Gasteiger partial charge in [0.15, 0.2) is 5.71 Å². The molecular weight excluding hydrogens is 478 g/mol. The molecule has 0 aliphatic heterocycles. The van der Waals surface area contributed by atoms with Gasteiger partial charge in [-0.15, -0.1) is 0 Å². The van der Waals surface area contributed by atoms with Crippen molar-refractivity contribution in [3.05, 3.63) is 78.6 Å². The fourth-order valence-corrected chi connectivity index (χ4v) is 3.35. The van der Waals surface area contributed by atoms with Gasteiger partial charge < -0.3 is 15.0 Å². The largest absolute Gasteiger partial charge is 0.497 e. The first kappa shape index (κ1) is 28.0. The molecule has 0 saturated carbocycles. The van der Waals surface area contributed by atoms with E-state index in [0.717, 1.165) is 35.5 Å². The Labute approximate surface area is 224 Å². The lowest BCUT2D eigenvalue weighted by Gasteiger charge is -2.11. The summed E-state index contributed by atoms with van der Waals surface area (Å²) < 4.78 is 6.84. The maximum absolute atomic E-state index is 13.3. The molecule has 0 spiro atoms. The normalized spacial score (nSPS) is 11.9. The zero-order chi connectivity index (χ0) is 27.3. The summed E-state index contributed by atoms with van der Waals surface area (Å²) in [5, 5.41) is 11.8. The number of nitrogens with one attached hydrogen (secondary N) is 2. The van der Waals surface area contributed by atoms with Crippen LogP contribution < -0.4 is 25.1 Å². The zero-order valence-electron chi connectivity index (χ0n) is 22.7. The fraction of sp³-hybridized carbons (Fsp3) is 0.276. The zero-order valence-corrected chi connectivity index (χ0v) is 22.7. The summed E-state index contributed by atoms with van der Waals surface area (Å²) in [5.74, 6) is 0.366. The van der Waals surface area contributed by atoms with E-state index in [1.807, 2.05) is 73.6 Å². The number of benzene rings is 2. The predicted molar refractivity (Wildman–Crippen MR) is 156 cm³/mol. The SMILES string of the molecule is CCCCN=C(C)C(=NNc1ccc(OC)cc1)C(=O)Nc1ccc[n+](/N=C\c2ccc(N(C)C)cc2)c1. The van der Waals surface area contributed by atoms with E-state index in [-0.39, 0.29) is 11.6 Å². The molecule has 1 heterocycles. The van der Waals surface area contributed by atoms with Gasteiger partial charge in [0.05, 0.1) is 18.5 Å². The Balaban J connectivity index is 1.76. The summed E-state index contributed by atoms with van der Waals surface area (Å²) in [6.07, 6.45) is 7.26. The second-order valence-electron chi connectivity index (χ2n) is 8.78. The van der Waals surface area contributed by atoms with E-state index in [9.17, 15) is 4.79 Å². The Morgan fingerprint density at radius 3 is 2.45 bits per heavy atom. The number of aromatic nitrogens is 1. The van der Waals surface area contributed by atoms with E-state index in [2.05, 4.69) is 32.9 Å². The second-order valence-corrected chi connectivity index (χ2v) is 8.78. The van der Waals surface area contributed by atoms with Crippen LogP contribution in [0.5, 0.6) is 5.75 Å². The van der Waals surface area contributed by atoms with Crippen LogP contribution >= 0.6 is 0 Å². The molecule has 0 saturated heterocycles. The molecule has 198 valence electrons. The summed E-state index contributed by atoms with van der Waals surface area (Å²) in [6, 6.07) is 19.0. The molecule has 38 heavy (non-hydrogen) atoms. The van der Waals surface area contributed by atoms with E-state index in [1.165, 1.54) is 0 Å². The summed E-state index contributed by atoms with van der Waals surface area (Å²) >= 11 is 0. The number of amides is 1.